The molecule has 4 aromatic rings. The van der Waals surface area contributed by atoms with Gasteiger partial charge in [-0.2, -0.15) is 5.10 Å². The van der Waals surface area contributed by atoms with Gasteiger partial charge in [0.25, 0.3) is 0 Å². The SMILES string of the molecule is O=C1CC(c2cccc(Cl)c2)Cc2c1cnn2-c1nc2ccccc2[nH]1. The number of halogens is 1. The number of fused-ring (bicyclic) bond motifs is 2. The smallest absolute Gasteiger partial charge is 0.229 e. The van der Waals surface area contributed by atoms with Crippen LogP contribution in [0.4, 0.5) is 0 Å². The van der Waals surface area contributed by atoms with Gasteiger partial charge in [0.15, 0.2) is 5.78 Å². The fraction of sp³-hybridized carbons (Fsp3) is 0.150. The molecule has 1 aliphatic carbocycles. The molecule has 0 saturated carbocycles. The molecule has 1 unspecified atom stereocenters. The lowest BCUT2D eigenvalue weighted by Crippen LogP contribution is -2.20. The molecule has 5 nitrogen and oxygen atoms in total. The zero-order chi connectivity index (χ0) is 17.7. The number of aromatic amines is 1. The van der Waals surface area contributed by atoms with E-state index < -0.39 is 0 Å². The number of nitrogens with zero attached hydrogens (tertiary/aromatic N) is 3. The van der Waals surface area contributed by atoms with E-state index in [-0.39, 0.29) is 11.7 Å². The molecule has 1 aliphatic rings. The molecule has 0 saturated heterocycles. The Kier molecular flexibility index (Phi) is 3.43. The zero-order valence-corrected chi connectivity index (χ0v) is 14.6. The molecule has 26 heavy (non-hydrogen) atoms. The van der Waals surface area contributed by atoms with Gasteiger partial charge >= 0.3 is 0 Å². The number of aromatic nitrogens is 4. The largest absolute Gasteiger partial charge is 0.322 e. The summed E-state index contributed by atoms with van der Waals surface area (Å²) in [7, 11) is 0. The van der Waals surface area contributed by atoms with Gasteiger partial charge in [0.1, 0.15) is 0 Å². The topological polar surface area (TPSA) is 63.6 Å². The summed E-state index contributed by atoms with van der Waals surface area (Å²) in [6.45, 7) is 0. The molecule has 2 heterocycles. The summed E-state index contributed by atoms with van der Waals surface area (Å²) in [5, 5.41) is 5.12. The number of carbonyl (C=O) groups excluding carboxylic acids is 1. The Morgan fingerprint density at radius 1 is 1.12 bits per heavy atom. The van der Waals surface area contributed by atoms with Gasteiger partial charge in [0.2, 0.25) is 5.95 Å². The minimum atomic E-state index is 0.0912. The Morgan fingerprint density at radius 2 is 2.00 bits per heavy atom. The minimum Gasteiger partial charge on any atom is -0.322 e. The number of Topliss-reactive ketones (excluding diaryl/α,β-unsaturated/α-hetero) is 1. The van der Waals surface area contributed by atoms with E-state index in [1.54, 1.807) is 10.9 Å². The van der Waals surface area contributed by atoms with Gasteiger partial charge in [-0.3, -0.25) is 4.79 Å². The highest BCUT2D eigenvalue weighted by Crippen LogP contribution is 2.34. The van der Waals surface area contributed by atoms with E-state index >= 15 is 0 Å². The molecule has 0 spiro atoms. The quantitative estimate of drug-likeness (QED) is 0.577. The highest BCUT2D eigenvalue weighted by molar-refractivity contribution is 6.30. The molecule has 5 rings (SSSR count). The van der Waals surface area contributed by atoms with Crippen molar-refractivity contribution in [3.8, 4) is 5.95 Å². The molecule has 0 amide bonds. The average Bonchev–Trinajstić information content (AvgIpc) is 3.25. The van der Waals surface area contributed by atoms with Crippen LogP contribution in [0.25, 0.3) is 17.0 Å². The van der Waals surface area contributed by atoms with Crippen molar-refractivity contribution >= 4 is 28.4 Å². The van der Waals surface area contributed by atoms with Crippen LogP contribution in [0, 0.1) is 0 Å². The Labute approximate surface area is 154 Å². The number of para-hydroxylation sites is 2. The summed E-state index contributed by atoms with van der Waals surface area (Å²) in [5.74, 6) is 0.833. The first-order chi connectivity index (χ1) is 12.7. The Hall–Kier alpha value is -2.92. The highest BCUT2D eigenvalue weighted by Gasteiger charge is 2.30. The number of rotatable bonds is 2. The molecule has 0 fully saturated rings. The molecule has 6 heteroatoms. The van der Waals surface area contributed by atoms with Crippen LogP contribution in [0.1, 0.15) is 34.0 Å². The Morgan fingerprint density at radius 3 is 2.85 bits per heavy atom. The third-order valence-electron chi connectivity index (χ3n) is 4.94. The highest BCUT2D eigenvalue weighted by atomic mass is 35.5. The first kappa shape index (κ1) is 15.3. The van der Waals surface area contributed by atoms with Crippen LogP contribution < -0.4 is 0 Å². The second kappa shape index (κ2) is 5.81. The summed E-state index contributed by atoms with van der Waals surface area (Å²) < 4.78 is 1.75. The van der Waals surface area contributed by atoms with Crippen molar-refractivity contribution in [2.45, 2.75) is 18.8 Å². The van der Waals surface area contributed by atoms with E-state index in [4.69, 9.17) is 11.6 Å². The fourth-order valence-corrected chi connectivity index (χ4v) is 3.86. The predicted molar refractivity (Wildman–Crippen MR) is 100 cm³/mol. The van der Waals surface area contributed by atoms with Crippen LogP contribution in [0.5, 0.6) is 0 Å². The van der Waals surface area contributed by atoms with Crippen molar-refractivity contribution in [2.24, 2.45) is 0 Å². The number of carbonyl (C=O) groups is 1. The predicted octanol–water partition coefficient (Wildman–Crippen LogP) is 4.31. The summed E-state index contributed by atoms with van der Waals surface area (Å²) in [5.41, 5.74) is 4.48. The number of hydrogen-bond donors (Lipinski definition) is 1. The third kappa shape index (κ3) is 2.44. The third-order valence-corrected chi connectivity index (χ3v) is 5.17. The number of benzene rings is 2. The second-order valence-corrected chi connectivity index (χ2v) is 7.01. The van der Waals surface area contributed by atoms with Gasteiger partial charge in [0.05, 0.1) is 28.5 Å². The lowest BCUT2D eigenvalue weighted by atomic mass is 9.82. The van der Waals surface area contributed by atoms with Gasteiger partial charge in [-0.15, -0.1) is 0 Å². The van der Waals surface area contributed by atoms with Crippen molar-refractivity contribution in [2.75, 3.05) is 0 Å². The van der Waals surface area contributed by atoms with Crippen molar-refractivity contribution in [3.63, 3.8) is 0 Å². The number of hydrogen-bond acceptors (Lipinski definition) is 3. The van der Waals surface area contributed by atoms with E-state index in [1.165, 1.54) is 0 Å². The van der Waals surface area contributed by atoms with Crippen molar-refractivity contribution in [1.29, 1.82) is 0 Å². The molecule has 0 aliphatic heterocycles. The molecule has 0 bridgehead atoms. The van der Waals surface area contributed by atoms with Crippen molar-refractivity contribution in [3.05, 3.63) is 76.6 Å². The average molecular weight is 363 g/mol. The monoisotopic (exact) mass is 362 g/mol. The van der Waals surface area contributed by atoms with Crippen LogP contribution in [-0.2, 0) is 6.42 Å². The van der Waals surface area contributed by atoms with Gasteiger partial charge in [0, 0.05) is 11.4 Å². The first-order valence-electron chi connectivity index (χ1n) is 8.50. The van der Waals surface area contributed by atoms with Crippen LogP contribution in [0.2, 0.25) is 5.02 Å². The van der Waals surface area contributed by atoms with Crippen LogP contribution in [-0.4, -0.2) is 25.5 Å². The Balaban J connectivity index is 1.59. The minimum absolute atomic E-state index is 0.0912. The molecule has 1 N–H and O–H groups in total. The van der Waals surface area contributed by atoms with Crippen LogP contribution >= 0.6 is 11.6 Å². The summed E-state index contributed by atoms with van der Waals surface area (Å²) in [4.78, 5) is 20.6. The summed E-state index contributed by atoms with van der Waals surface area (Å²) in [6, 6.07) is 15.6. The molecule has 1 atom stereocenters. The number of ketones is 1. The van der Waals surface area contributed by atoms with E-state index in [2.05, 4.69) is 15.1 Å². The molecule has 2 aromatic carbocycles. The second-order valence-electron chi connectivity index (χ2n) is 6.58. The molecule has 0 radical (unpaired) electrons. The van der Waals surface area contributed by atoms with Crippen molar-refractivity contribution < 1.29 is 4.79 Å². The first-order valence-corrected chi connectivity index (χ1v) is 8.87. The number of H-pyrrole nitrogens is 1. The Bertz CT molecular complexity index is 1110. The standard InChI is InChI=1S/C20H15ClN4O/c21-14-5-3-4-12(8-14)13-9-18-15(19(26)10-13)11-22-25(18)20-23-16-6-1-2-7-17(16)24-20/h1-8,11,13H,9-10H2,(H,23,24). The summed E-state index contributed by atoms with van der Waals surface area (Å²) >= 11 is 6.13. The number of nitrogens with one attached hydrogen (secondary N) is 1. The maximum atomic E-state index is 12.7. The normalized spacial score (nSPS) is 16.8. The van der Waals surface area contributed by atoms with Gasteiger partial charge in [-0.05, 0) is 42.2 Å². The molecular formula is C20H15ClN4O. The molecular weight excluding hydrogens is 348 g/mol. The lowest BCUT2D eigenvalue weighted by molar-refractivity contribution is 0.0963. The fourth-order valence-electron chi connectivity index (χ4n) is 3.66. The maximum Gasteiger partial charge on any atom is 0.229 e. The lowest BCUT2D eigenvalue weighted by Gasteiger charge is -2.22. The summed E-state index contributed by atoms with van der Waals surface area (Å²) in [6.07, 6.45) is 2.84. The van der Waals surface area contributed by atoms with E-state index in [9.17, 15) is 4.79 Å². The van der Waals surface area contributed by atoms with Gasteiger partial charge in [-0.25, -0.2) is 9.67 Å². The van der Waals surface area contributed by atoms with E-state index in [0.29, 0.717) is 23.0 Å². The van der Waals surface area contributed by atoms with Crippen LogP contribution in [0.3, 0.4) is 0 Å². The van der Waals surface area contributed by atoms with Gasteiger partial charge < -0.3 is 4.98 Å². The van der Waals surface area contributed by atoms with E-state index in [0.717, 1.165) is 28.7 Å². The van der Waals surface area contributed by atoms with Crippen LogP contribution in [0.15, 0.2) is 54.7 Å². The van der Waals surface area contributed by atoms with Gasteiger partial charge in [-0.1, -0.05) is 35.9 Å². The molecule has 128 valence electrons. The maximum absolute atomic E-state index is 12.7. The zero-order valence-electron chi connectivity index (χ0n) is 13.8. The van der Waals surface area contributed by atoms with Crippen molar-refractivity contribution in [1.82, 2.24) is 19.7 Å². The van der Waals surface area contributed by atoms with E-state index in [1.807, 2.05) is 48.5 Å². The number of imidazole rings is 1. The molecule has 2 aromatic heterocycles.